The molecule has 1 saturated carbocycles. The molecule has 1 aromatic rings. The van der Waals surface area contributed by atoms with E-state index in [1.807, 2.05) is 0 Å². The van der Waals surface area contributed by atoms with Crippen LogP contribution >= 0.6 is 12.4 Å². The topological polar surface area (TPSA) is 41.1 Å². The van der Waals surface area contributed by atoms with E-state index in [0.717, 1.165) is 24.6 Å². The highest BCUT2D eigenvalue weighted by molar-refractivity contribution is 5.85. The molecular weight excluding hydrogens is 274 g/mol. The third-order valence-electron chi connectivity index (χ3n) is 2.89. The van der Waals surface area contributed by atoms with Gasteiger partial charge in [-0.3, -0.25) is 4.79 Å². The fourth-order valence-corrected chi connectivity index (χ4v) is 1.62. The summed E-state index contributed by atoms with van der Waals surface area (Å²) in [4.78, 5) is 11.4. The van der Waals surface area contributed by atoms with Crippen LogP contribution in [0.1, 0.15) is 18.4 Å². The van der Waals surface area contributed by atoms with Crippen molar-refractivity contribution in [2.75, 3.05) is 13.1 Å². The van der Waals surface area contributed by atoms with Gasteiger partial charge in [-0.2, -0.15) is 0 Å². The molecule has 106 valence electrons. The predicted octanol–water partition coefficient (Wildman–Crippen LogP) is 2.00. The van der Waals surface area contributed by atoms with Gasteiger partial charge in [0.05, 0.1) is 6.54 Å². The second kappa shape index (κ2) is 7.40. The van der Waals surface area contributed by atoms with E-state index in [1.165, 1.54) is 18.9 Å². The molecule has 1 fully saturated rings. The molecule has 0 aromatic heterocycles. The first-order chi connectivity index (χ1) is 8.65. The maximum Gasteiger partial charge on any atom is 0.234 e. The first-order valence-electron chi connectivity index (χ1n) is 6.06. The standard InChI is InChI=1S/C13H16F2N2O.ClH/c14-11-4-3-10(5-12(11)15)7-17-13(18)8-16-6-9-1-2-9;/h3-5,9,16H,1-2,6-8H2,(H,17,18);1H. The molecule has 0 atom stereocenters. The van der Waals surface area contributed by atoms with Gasteiger partial charge < -0.3 is 10.6 Å². The molecule has 0 unspecified atom stereocenters. The molecule has 0 bridgehead atoms. The number of benzene rings is 1. The van der Waals surface area contributed by atoms with Crippen LogP contribution in [0.2, 0.25) is 0 Å². The van der Waals surface area contributed by atoms with Crippen molar-refractivity contribution in [1.82, 2.24) is 10.6 Å². The van der Waals surface area contributed by atoms with Crippen LogP contribution in [0.3, 0.4) is 0 Å². The molecule has 3 nitrogen and oxygen atoms in total. The zero-order chi connectivity index (χ0) is 13.0. The third-order valence-corrected chi connectivity index (χ3v) is 2.89. The Labute approximate surface area is 117 Å². The number of carbonyl (C=O) groups excluding carboxylic acids is 1. The molecule has 0 spiro atoms. The summed E-state index contributed by atoms with van der Waals surface area (Å²) in [6, 6.07) is 3.60. The van der Waals surface area contributed by atoms with Crippen molar-refractivity contribution in [3.63, 3.8) is 0 Å². The van der Waals surface area contributed by atoms with E-state index in [1.54, 1.807) is 0 Å². The number of amides is 1. The lowest BCUT2D eigenvalue weighted by molar-refractivity contribution is -0.120. The lowest BCUT2D eigenvalue weighted by atomic mass is 10.2. The van der Waals surface area contributed by atoms with Gasteiger partial charge in [0.25, 0.3) is 0 Å². The van der Waals surface area contributed by atoms with E-state index in [9.17, 15) is 13.6 Å². The highest BCUT2D eigenvalue weighted by Gasteiger charge is 2.20. The van der Waals surface area contributed by atoms with Crippen molar-refractivity contribution in [3.8, 4) is 0 Å². The van der Waals surface area contributed by atoms with Crippen molar-refractivity contribution in [2.45, 2.75) is 19.4 Å². The van der Waals surface area contributed by atoms with Crippen LogP contribution < -0.4 is 10.6 Å². The Balaban J connectivity index is 0.00000180. The van der Waals surface area contributed by atoms with Crippen LogP contribution in [0.4, 0.5) is 8.78 Å². The molecule has 0 saturated heterocycles. The summed E-state index contributed by atoms with van der Waals surface area (Å²) in [7, 11) is 0. The molecular formula is C13H17ClF2N2O. The largest absolute Gasteiger partial charge is 0.351 e. The minimum atomic E-state index is -0.895. The lowest BCUT2D eigenvalue weighted by Crippen LogP contribution is -2.34. The summed E-state index contributed by atoms with van der Waals surface area (Å²) in [6.45, 7) is 1.35. The predicted molar refractivity (Wildman–Crippen MR) is 71.0 cm³/mol. The molecule has 0 aliphatic heterocycles. The summed E-state index contributed by atoms with van der Waals surface area (Å²) < 4.78 is 25.6. The minimum absolute atomic E-state index is 0. The number of halogens is 3. The molecule has 19 heavy (non-hydrogen) atoms. The Morgan fingerprint density at radius 3 is 2.63 bits per heavy atom. The van der Waals surface area contributed by atoms with Crippen LogP contribution in [0.15, 0.2) is 18.2 Å². The average molecular weight is 291 g/mol. The van der Waals surface area contributed by atoms with E-state index in [2.05, 4.69) is 10.6 Å². The van der Waals surface area contributed by atoms with E-state index in [-0.39, 0.29) is 31.4 Å². The van der Waals surface area contributed by atoms with E-state index >= 15 is 0 Å². The first-order valence-corrected chi connectivity index (χ1v) is 6.06. The third kappa shape index (κ3) is 5.53. The van der Waals surface area contributed by atoms with Crippen LogP contribution in [0, 0.1) is 17.6 Å². The molecule has 1 aliphatic rings. The highest BCUT2D eigenvalue weighted by atomic mass is 35.5. The Bertz CT molecular complexity index is 439. The summed E-state index contributed by atoms with van der Waals surface area (Å²) in [5.74, 6) is -1.19. The van der Waals surface area contributed by atoms with Crippen molar-refractivity contribution < 1.29 is 13.6 Å². The van der Waals surface area contributed by atoms with E-state index in [0.29, 0.717) is 5.56 Å². The van der Waals surface area contributed by atoms with Gasteiger partial charge in [-0.15, -0.1) is 12.4 Å². The quantitative estimate of drug-likeness (QED) is 0.841. The van der Waals surface area contributed by atoms with Gasteiger partial charge >= 0.3 is 0 Å². The number of hydrogen-bond acceptors (Lipinski definition) is 2. The van der Waals surface area contributed by atoms with Gasteiger partial charge in [0.2, 0.25) is 5.91 Å². The second-order valence-corrected chi connectivity index (χ2v) is 4.60. The summed E-state index contributed by atoms with van der Waals surface area (Å²) in [5.41, 5.74) is 0.546. The van der Waals surface area contributed by atoms with Gasteiger partial charge in [0.15, 0.2) is 11.6 Å². The summed E-state index contributed by atoms with van der Waals surface area (Å²) in [6.07, 6.45) is 2.48. The van der Waals surface area contributed by atoms with E-state index in [4.69, 9.17) is 0 Å². The fourth-order valence-electron chi connectivity index (χ4n) is 1.62. The number of nitrogens with one attached hydrogen (secondary N) is 2. The van der Waals surface area contributed by atoms with Gasteiger partial charge in [-0.1, -0.05) is 6.07 Å². The SMILES string of the molecule is Cl.O=C(CNCC1CC1)NCc1ccc(F)c(F)c1. The summed E-state index contributed by atoms with van der Waals surface area (Å²) in [5, 5.41) is 5.71. The molecule has 2 rings (SSSR count). The number of hydrogen-bond donors (Lipinski definition) is 2. The zero-order valence-corrected chi connectivity index (χ0v) is 11.2. The summed E-state index contributed by atoms with van der Waals surface area (Å²) >= 11 is 0. The lowest BCUT2D eigenvalue weighted by Gasteiger charge is -2.06. The fraction of sp³-hybridized carbons (Fsp3) is 0.462. The van der Waals surface area contributed by atoms with Crippen molar-refractivity contribution >= 4 is 18.3 Å². The Morgan fingerprint density at radius 2 is 2.00 bits per heavy atom. The minimum Gasteiger partial charge on any atom is -0.351 e. The van der Waals surface area contributed by atoms with Gasteiger partial charge in [-0.25, -0.2) is 8.78 Å². The number of carbonyl (C=O) groups is 1. The van der Waals surface area contributed by atoms with Crippen LogP contribution in [0.5, 0.6) is 0 Å². The van der Waals surface area contributed by atoms with Crippen LogP contribution in [-0.4, -0.2) is 19.0 Å². The van der Waals surface area contributed by atoms with E-state index < -0.39 is 11.6 Å². The molecule has 6 heteroatoms. The Morgan fingerprint density at radius 1 is 1.26 bits per heavy atom. The number of rotatable bonds is 6. The van der Waals surface area contributed by atoms with Crippen LogP contribution in [0.25, 0.3) is 0 Å². The van der Waals surface area contributed by atoms with Crippen molar-refractivity contribution in [1.29, 1.82) is 0 Å². The second-order valence-electron chi connectivity index (χ2n) is 4.60. The molecule has 1 amide bonds. The Hall–Kier alpha value is -1.20. The first kappa shape index (κ1) is 15.9. The molecule has 2 N–H and O–H groups in total. The van der Waals surface area contributed by atoms with Gasteiger partial charge in [-0.05, 0) is 43.0 Å². The van der Waals surface area contributed by atoms with Crippen molar-refractivity contribution in [3.05, 3.63) is 35.4 Å². The van der Waals surface area contributed by atoms with Gasteiger partial charge in [0, 0.05) is 6.54 Å². The molecule has 1 aromatic carbocycles. The maximum atomic E-state index is 12.9. The normalized spacial score (nSPS) is 13.8. The zero-order valence-electron chi connectivity index (χ0n) is 10.4. The average Bonchev–Trinajstić information content (AvgIpc) is 3.15. The molecule has 0 heterocycles. The van der Waals surface area contributed by atoms with Crippen molar-refractivity contribution in [2.24, 2.45) is 5.92 Å². The van der Waals surface area contributed by atoms with Crippen LogP contribution in [-0.2, 0) is 11.3 Å². The maximum absolute atomic E-state index is 12.9. The Kier molecular flexibility index (Phi) is 6.18. The monoisotopic (exact) mass is 290 g/mol. The highest BCUT2D eigenvalue weighted by Crippen LogP contribution is 2.27. The molecule has 1 aliphatic carbocycles. The molecule has 0 radical (unpaired) electrons. The smallest absolute Gasteiger partial charge is 0.234 e. The van der Waals surface area contributed by atoms with Gasteiger partial charge in [0.1, 0.15) is 0 Å².